The molecule has 0 bridgehead atoms. The Bertz CT molecular complexity index is 515. The van der Waals surface area contributed by atoms with E-state index >= 15 is 0 Å². The molecule has 1 aromatic rings. The summed E-state index contributed by atoms with van der Waals surface area (Å²) >= 11 is 3.32. The summed E-state index contributed by atoms with van der Waals surface area (Å²) in [6.45, 7) is 1.42. The SMILES string of the molecule is NCC1(c2cc3c(c(Br)c2F)OCCO3)CCCCC1. The molecule has 0 atom stereocenters. The van der Waals surface area contributed by atoms with Crippen LogP contribution in [0.15, 0.2) is 10.5 Å². The van der Waals surface area contributed by atoms with Gasteiger partial charge in [0.2, 0.25) is 0 Å². The van der Waals surface area contributed by atoms with Gasteiger partial charge >= 0.3 is 0 Å². The molecule has 3 nitrogen and oxygen atoms in total. The molecule has 0 aromatic heterocycles. The molecule has 2 N–H and O–H groups in total. The van der Waals surface area contributed by atoms with Crippen LogP contribution in [0, 0.1) is 5.82 Å². The van der Waals surface area contributed by atoms with Crippen LogP contribution in [0.1, 0.15) is 37.7 Å². The van der Waals surface area contributed by atoms with Crippen LogP contribution in [0.2, 0.25) is 0 Å². The van der Waals surface area contributed by atoms with E-state index in [1.807, 2.05) is 0 Å². The fourth-order valence-corrected chi connectivity index (χ4v) is 3.84. The van der Waals surface area contributed by atoms with Gasteiger partial charge in [0.05, 0.1) is 4.47 Å². The summed E-state index contributed by atoms with van der Waals surface area (Å²) in [6, 6.07) is 1.80. The fourth-order valence-electron chi connectivity index (χ4n) is 3.32. The second kappa shape index (κ2) is 5.53. The predicted octanol–water partition coefficient (Wildman–Crippen LogP) is 3.52. The van der Waals surface area contributed by atoms with E-state index in [1.54, 1.807) is 6.07 Å². The van der Waals surface area contributed by atoms with Gasteiger partial charge in [0.1, 0.15) is 19.0 Å². The minimum atomic E-state index is -0.263. The molecule has 0 spiro atoms. The maximum absolute atomic E-state index is 14.8. The molecule has 1 fully saturated rings. The highest BCUT2D eigenvalue weighted by Gasteiger charge is 2.37. The number of fused-ring (bicyclic) bond motifs is 1. The van der Waals surface area contributed by atoms with E-state index in [1.165, 1.54) is 6.42 Å². The summed E-state index contributed by atoms with van der Waals surface area (Å²) in [5.74, 6) is 0.847. The van der Waals surface area contributed by atoms with Gasteiger partial charge in [0, 0.05) is 17.5 Å². The molecule has 1 heterocycles. The molecular formula is C15H19BrFNO2. The van der Waals surface area contributed by atoms with Gasteiger partial charge in [0.15, 0.2) is 11.5 Å². The van der Waals surface area contributed by atoms with E-state index in [2.05, 4.69) is 15.9 Å². The number of rotatable bonds is 2. The Labute approximate surface area is 126 Å². The van der Waals surface area contributed by atoms with Gasteiger partial charge in [-0.1, -0.05) is 19.3 Å². The highest BCUT2D eigenvalue weighted by atomic mass is 79.9. The molecule has 1 saturated carbocycles. The first-order valence-electron chi connectivity index (χ1n) is 7.16. The molecule has 0 unspecified atom stereocenters. The predicted molar refractivity (Wildman–Crippen MR) is 78.9 cm³/mol. The molecule has 0 radical (unpaired) electrons. The Balaban J connectivity index is 2.10. The lowest BCUT2D eigenvalue weighted by Crippen LogP contribution is -2.38. The Kier molecular flexibility index (Phi) is 3.91. The molecule has 20 heavy (non-hydrogen) atoms. The van der Waals surface area contributed by atoms with Gasteiger partial charge in [-0.15, -0.1) is 0 Å². The van der Waals surface area contributed by atoms with Crippen molar-refractivity contribution in [3.05, 3.63) is 21.9 Å². The lowest BCUT2D eigenvalue weighted by Gasteiger charge is -2.38. The number of halogens is 2. The maximum Gasteiger partial charge on any atom is 0.178 e. The van der Waals surface area contributed by atoms with Gasteiger partial charge in [0.25, 0.3) is 0 Å². The van der Waals surface area contributed by atoms with E-state index in [0.717, 1.165) is 25.7 Å². The van der Waals surface area contributed by atoms with Gasteiger partial charge in [-0.25, -0.2) is 4.39 Å². The van der Waals surface area contributed by atoms with Crippen LogP contribution >= 0.6 is 15.9 Å². The molecule has 0 amide bonds. The van der Waals surface area contributed by atoms with Crippen LogP contribution in [-0.4, -0.2) is 19.8 Å². The molecule has 1 aliphatic heterocycles. The zero-order valence-corrected chi connectivity index (χ0v) is 13.0. The highest BCUT2D eigenvalue weighted by Crippen LogP contribution is 2.47. The number of hydrogen-bond donors (Lipinski definition) is 1. The van der Waals surface area contributed by atoms with Gasteiger partial charge < -0.3 is 15.2 Å². The van der Waals surface area contributed by atoms with Crippen molar-refractivity contribution >= 4 is 15.9 Å². The molecule has 1 aliphatic carbocycles. The third-order valence-corrected chi connectivity index (χ3v) is 5.20. The van der Waals surface area contributed by atoms with Crippen LogP contribution in [0.4, 0.5) is 4.39 Å². The van der Waals surface area contributed by atoms with Crippen LogP contribution in [-0.2, 0) is 5.41 Å². The fraction of sp³-hybridized carbons (Fsp3) is 0.600. The highest BCUT2D eigenvalue weighted by molar-refractivity contribution is 9.10. The van der Waals surface area contributed by atoms with Crippen LogP contribution in [0.3, 0.4) is 0 Å². The lowest BCUT2D eigenvalue weighted by molar-refractivity contribution is 0.168. The first-order valence-corrected chi connectivity index (χ1v) is 7.95. The monoisotopic (exact) mass is 343 g/mol. The molecular weight excluding hydrogens is 325 g/mol. The zero-order chi connectivity index (χ0) is 14.2. The van der Waals surface area contributed by atoms with Crippen molar-refractivity contribution in [1.29, 1.82) is 0 Å². The third-order valence-electron chi connectivity index (χ3n) is 4.49. The van der Waals surface area contributed by atoms with Gasteiger partial charge in [-0.2, -0.15) is 0 Å². The van der Waals surface area contributed by atoms with Crippen molar-refractivity contribution in [3.8, 4) is 11.5 Å². The Morgan fingerprint density at radius 3 is 2.60 bits per heavy atom. The molecule has 1 aromatic carbocycles. The third kappa shape index (κ3) is 2.21. The first kappa shape index (κ1) is 14.1. The largest absolute Gasteiger partial charge is 0.486 e. The van der Waals surface area contributed by atoms with E-state index < -0.39 is 0 Å². The zero-order valence-electron chi connectivity index (χ0n) is 11.4. The molecule has 0 saturated heterocycles. The van der Waals surface area contributed by atoms with E-state index in [4.69, 9.17) is 15.2 Å². The van der Waals surface area contributed by atoms with Crippen LogP contribution in [0.25, 0.3) is 0 Å². The summed E-state index contributed by atoms with van der Waals surface area (Å²) in [4.78, 5) is 0. The normalized spacial score (nSPS) is 20.8. The first-order chi connectivity index (χ1) is 9.68. The second-order valence-corrected chi connectivity index (χ2v) is 6.41. The Hall–Kier alpha value is -0.810. The van der Waals surface area contributed by atoms with E-state index in [0.29, 0.717) is 41.3 Å². The van der Waals surface area contributed by atoms with Gasteiger partial charge in [-0.3, -0.25) is 0 Å². The van der Waals surface area contributed by atoms with Crippen molar-refractivity contribution < 1.29 is 13.9 Å². The minimum absolute atomic E-state index is 0.249. The average Bonchev–Trinajstić information content (AvgIpc) is 2.51. The van der Waals surface area contributed by atoms with Gasteiger partial charge in [-0.05, 0) is 34.8 Å². The van der Waals surface area contributed by atoms with E-state index in [-0.39, 0.29) is 11.2 Å². The van der Waals surface area contributed by atoms with Crippen molar-refractivity contribution in [1.82, 2.24) is 0 Å². The second-order valence-electron chi connectivity index (χ2n) is 5.62. The topological polar surface area (TPSA) is 44.5 Å². The Morgan fingerprint density at radius 1 is 1.20 bits per heavy atom. The van der Waals surface area contributed by atoms with Crippen LogP contribution < -0.4 is 15.2 Å². The quantitative estimate of drug-likeness (QED) is 0.893. The number of benzene rings is 1. The number of nitrogens with two attached hydrogens (primary N) is 1. The minimum Gasteiger partial charge on any atom is -0.486 e. The number of ether oxygens (including phenoxy) is 2. The number of hydrogen-bond acceptors (Lipinski definition) is 3. The smallest absolute Gasteiger partial charge is 0.178 e. The molecule has 3 rings (SSSR count). The van der Waals surface area contributed by atoms with Crippen molar-refractivity contribution in [3.63, 3.8) is 0 Å². The average molecular weight is 344 g/mol. The summed E-state index contributed by atoms with van der Waals surface area (Å²) in [6.07, 6.45) is 5.28. The van der Waals surface area contributed by atoms with Crippen LogP contribution in [0.5, 0.6) is 11.5 Å². The van der Waals surface area contributed by atoms with Crippen molar-refractivity contribution in [2.45, 2.75) is 37.5 Å². The molecule has 5 heteroatoms. The lowest BCUT2D eigenvalue weighted by atomic mass is 9.69. The van der Waals surface area contributed by atoms with Crippen molar-refractivity contribution in [2.75, 3.05) is 19.8 Å². The summed E-state index contributed by atoms with van der Waals surface area (Å²) in [5, 5.41) is 0. The molecule has 110 valence electrons. The van der Waals surface area contributed by atoms with Crippen molar-refractivity contribution in [2.24, 2.45) is 5.73 Å². The summed E-state index contributed by atoms with van der Waals surface area (Å²) in [5.41, 5.74) is 6.42. The Morgan fingerprint density at radius 2 is 1.90 bits per heavy atom. The summed E-state index contributed by atoms with van der Waals surface area (Å²) < 4.78 is 26.3. The van der Waals surface area contributed by atoms with E-state index in [9.17, 15) is 4.39 Å². The maximum atomic E-state index is 14.8. The standard InChI is InChI=1S/C15H19BrFNO2/c16-12-13(17)10(8-11-14(12)20-7-6-19-11)15(9-18)4-2-1-3-5-15/h8H,1-7,9,18H2. The molecule has 2 aliphatic rings. The summed E-state index contributed by atoms with van der Waals surface area (Å²) in [7, 11) is 0.